The van der Waals surface area contributed by atoms with Crippen molar-refractivity contribution in [3.63, 3.8) is 0 Å². The molecule has 1 aliphatic carbocycles. The monoisotopic (exact) mass is 317 g/mol. The van der Waals surface area contributed by atoms with Crippen molar-refractivity contribution in [2.24, 2.45) is 5.92 Å². The van der Waals surface area contributed by atoms with E-state index in [1.165, 1.54) is 62.0 Å². The highest BCUT2D eigenvalue weighted by molar-refractivity contribution is 5.55. The van der Waals surface area contributed by atoms with Crippen molar-refractivity contribution in [3.05, 3.63) is 77.4 Å². The average molecular weight is 317 g/mol. The van der Waals surface area contributed by atoms with Crippen molar-refractivity contribution in [1.29, 1.82) is 0 Å². The lowest BCUT2D eigenvalue weighted by atomic mass is 9.89. The fraction of sp³-hybridized carbons (Fsp3) is 0.391. The van der Waals surface area contributed by atoms with Gasteiger partial charge in [0.15, 0.2) is 0 Å². The third-order valence-electron chi connectivity index (χ3n) is 5.74. The number of aryl methyl sites for hydroxylation is 1. The smallest absolute Gasteiger partial charge is 0.00446 e. The maximum absolute atomic E-state index is 2.68. The van der Waals surface area contributed by atoms with Gasteiger partial charge in [-0.25, -0.2) is 0 Å². The molecular weight excluding hydrogens is 290 g/mol. The molecule has 1 fully saturated rings. The van der Waals surface area contributed by atoms with Crippen LogP contribution < -0.4 is 0 Å². The average Bonchev–Trinajstić information content (AvgIpc) is 2.86. The molecule has 0 radical (unpaired) electrons. The maximum atomic E-state index is 2.68. The molecule has 2 aromatic carbocycles. The Balaban J connectivity index is 1.32. The molecule has 2 aromatic rings. The predicted octanol–water partition coefficient (Wildman–Crippen LogP) is 5.14. The summed E-state index contributed by atoms with van der Waals surface area (Å²) >= 11 is 0. The lowest BCUT2D eigenvalue weighted by molar-refractivity contribution is 0.192. The lowest BCUT2D eigenvalue weighted by Crippen LogP contribution is -2.36. The number of hydrogen-bond acceptors (Lipinski definition) is 1. The largest absolute Gasteiger partial charge is 0.303 e. The predicted molar refractivity (Wildman–Crippen MR) is 102 cm³/mol. The maximum Gasteiger partial charge on any atom is 0.00446 e. The zero-order valence-electron chi connectivity index (χ0n) is 14.4. The van der Waals surface area contributed by atoms with E-state index < -0.39 is 0 Å². The van der Waals surface area contributed by atoms with Crippen LogP contribution in [0.15, 0.2) is 60.7 Å². The fourth-order valence-electron chi connectivity index (χ4n) is 4.26. The zero-order valence-corrected chi connectivity index (χ0v) is 14.4. The summed E-state index contributed by atoms with van der Waals surface area (Å²) in [6.45, 7) is 3.72. The molecule has 1 aliphatic heterocycles. The molecule has 0 N–H and O–H groups in total. The van der Waals surface area contributed by atoms with Gasteiger partial charge in [0.25, 0.3) is 0 Å². The van der Waals surface area contributed by atoms with Crippen LogP contribution in [-0.4, -0.2) is 24.5 Å². The van der Waals surface area contributed by atoms with Crippen molar-refractivity contribution in [1.82, 2.24) is 4.90 Å². The highest BCUT2D eigenvalue weighted by Crippen LogP contribution is 2.29. The van der Waals surface area contributed by atoms with Gasteiger partial charge >= 0.3 is 0 Å². The Morgan fingerprint density at radius 2 is 1.58 bits per heavy atom. The first-order valence-corrected chi connectivity index (χ1v) is 9.42. The molecule has 0 aromatic heterocycles. The number of hydrogen-bond donors (Lipinski definition) is 0. The van der Waals surface area contributed by atoms with Crippen LogP contribution in [0.2, 0.25) is 0 Å². The number of rotatable bonds is 3. The van der Waals surface area contributed by atoms with E-state index in [0.29, 0.717) is 5.92 Å². The van der Waals surface area contributed by atoms with Gasteiger partial charge in [-0.2, -0.15) is 0 Å². The van der Waals surface area contributed by atoms with Crippen LogP contribution in [0.25, 0.3) is 6.08 Å². The first kappa shape index (κ1) is 15.7. The molecule has 0 spiro atoms. The van der Waals surface area contributed by atoms with E-state index in [1.54, 1.807) is 0 Å². The van der Waals surface area contributed by atoms with Crippen LogP contribution in [0.5, 0.6) is 0 Å². The molecule has 124 valence electrons. The van der Waals surface area contributed by atoms with Gasteiger partial charge < -0.3 is 4.90 Å². The van der Waals surface area contributed by atoms with Crippen LogP contribution in [0, 0.1) is 5.92 Å². The third-order valence-corrected chi connectivity index (χ3v) is 5.74. The van der Waals surface area contributed by atoms with Gasteiger partial charge in [0.2, 0.25) is 0 Å². The van der Waals surface area contributed by atoms with E-state index in [0.717, 1.165) is 5.92 Å². The van der Waals surface area contributed by atoms with Crippen molar-refractivity contribution in [3.8, 4) is 0 Å². The molecule has 1 atom stereocenters. The molecule has 0 saturated carbocycles. The fourth-order valence-corrected chi connectivity index (χ4v) is 4.26. The van der Waals surface area contributed by atoms with Gasteiger partial charge in [-0.05, 0) is 67.3 Å². The Morgan fingerprint density at radius 1 is 0.833 bits per heavy atom. The first-order chi connectivity index (χ1) is 11.9. The van der Waals surface area contributed by atoms with Crippen LogP contribution in [0.3, 0.4) is 0 Å². The zero-order chi connectivity index (χ0) is 16.2. The topological polar surface area (TPSA) is 3.24 Å². The van der Waals surface area contributed by atoms with Crippen LogP contribution in [-0.2, 0) is 6.42 Å². The Labute approximate surface area is 146 Å². The molecule has 1 saturated heterocycles. The molecule has 4 rings (SSSR count). The van der Waals surface area contributed by atoms with E-state index >= 15 is 0 Å². The highest BCUT2D eigenvalue weighted by Gasteiger charge is 2.22. The minimum absolute atomic E-state index is 0.700. The van der Waals surface area contributed by atoms with E-state index in [-0.39, 0.29) is 0 Å². The molecule has 0 bridgehead atoms. The summed E-state index contributed by atoms with van der Waals surface area (Å²) in [7, 11) is 0. The second-order valence-electron chi connectivity index (χ2n) is 7.34. The molecule has 1 heterocycles. The van der Waals surface area contributed by atoms with Gasteiger partial charge in [-0.15, -0.1) is 0 Å². The van der Waals surface area contributed by atoms with Gasteiger partial charge in [-0.3, -0.25) is 0 Å². The van der Waals surface area contributed by atoms with Gasteiger partial charge in [0, 0.05) is 6.54 Å². The first-order valence-electron chi connectivity index (χ1n) is 9.42. The van der Waals surface area contributed by atoms with Crippen molar-refractivity contribution in [2.45, 2.75) is 31.6 Å². The van der Waals surface area contributed by atoms with E-state index in [4.69, 9.17) is 0 Å². The van der Waals surface area contributed by atoms with Gasteiger partial charge in [-0.1, -0.05) is 66.7 Å². The van der Waals surface area contributed by atoms with Crippen LogP contribution >= 0.6 is 0 Å². The van der Waals surface area contributed by atoms with Crippen LogP contribution in [0.1, 0.15) is 41.9 Å². The SMILES string of the molecule is C1=CC(CN2CCC(c3ccccc3)CC2)CCc2ccccc21. The summed E-state index contributed by atoms with van der Waals surface area (Å²) in [5.41, 5.74) is 4.46. The van der Waals surface area contributed by atoms with E-state index in [1.807, 2.05) is 0 Å². The van der Waals surface area contributed by atoms with Crippen molar-refractivity contribution in [2.75, 3.05) is 19.6 Å². The molecule has 2 aliphatic rings. The minimum atomic E-state index is 0.700. The van der Waals surface area contributed by atoms with Crippen LogP contribution in [0.4, 0.5) is 0 Å². The molecule has 1 heteroatoms. The summed E-state index contributed by atoms with van der Waals surface area (Å²) in [6, 6.07) is 19.9. The summed E-state index contributed by atoms with van der Waals surface area (Å²) in [4.78, 5) is 2.68. The molecular formula is C23H27N. The summed E-state index contributed by atoms with van der Waals surface area (Å²) in [5, 5.41) is 0. The Kier molecular flexibility index (Phi) is 4.80. The molecule has 1 unspecified atom stereocenters. The Morgan fingerprint density at radius 3 is 2.42 bits per heavy atom. The number of likely N-dealkylation sites (tertiary alicyclic amines) is 1. The van der Waals surface area contributed by atoms with Gasteiger partial charge in [0.1, 0.15) is 0 Å². The molecule has 1 nitrogen and oxygen atoms in total. The number of benzene rings is 2. The van der Waals surface area contributed by atoms with Crippen molar-refractivity contribution < 1.29 is 0 Å². The summed E-state index contributed by atoms with van der Waals surface area (Å²) < 4.78 is 0. The van der Waals surface area contributed by atoms with E-state index in [2.05, 4.69) is 71.6 Å². The standard InChI is InChI=1S/C23H27N/c1-2-6-20(7-3-1)23-14-16-24(17-15-23)18-19-10-12-21-8-4-5-9-22(21)13-11-19/h1-10,12,19,23H,11,13-18H2. The van der Waals surface area contributed by atoms with E-state index in [9.17, 15) is 0 Å². The quantitative estimate of drug-likeness (QED) is 0.757. The minimum Gasteiger partial charge on any atom is -0.303 e. The number of fused-ring (bicyclic) bond motifs is 1. The molecule has 0 amide bonds. The summed E-state index contributed by atoms with van der Waals surface area (Å²) in [6.07, 6.45) is 9.92. The second kappa shape index (κ2) is 7.36. The highest BCUT2D eigenvalue weighted by atomic mass is 15.1. The normalized spacial score (nSPS) is 22.1. The third kappa shape index (κ3) is 3.62. The second-order valence-corrected chi connectivity index (χ2v) is 7.34. The molecule has 24 heavy (non-hydrogen) atoms. The number of piperidine rings is 1. The van der Waals surface area contributed by atoms with Gasteiger partial charge in [0.05, 0.1) is 0 Å². The summed E-state index contributed by atoms with van der Waals surface area (Å²) in [5.74, 6) is 1.46. The Bertz CT molecular complexity index is 680. The Hall–Kier alpha value is -1.86. The number of nitrogens with zero attached hydrogens (tertiary/aromatic N) is 1. The van der Waals surface area contributed by atoms with Crippen molar-refractivity contribution >= 4 is 6.08 Å². The lowest BCUT2D eigenvalue weighted by Gasteiger charge is -2.33.